The van der Waals surface area contributed by atoms with E-state index in [1.54, 1.807) is 0 Å². The third-order valence-corrected chi connectivity index (χ3v) is 4.08. The second-order valence-electron chi connectivity index (χ2n) is 3.34. The molecular formula is C12H14NOP. The van der Waals surface area contributed by atoms with Crippen LogP contribution in [0, 0.1) is 0 Å². The summed E-state index contributed by atoms with van der Waals surface area (Å²) in [5.41, 5.74) is 0. The van der Waals surface area contributed by atoms with Crippen molar-refractivity contribution < 1.29 is 4.62 Å². The summed E-state index contributed by atoms with van der Waals surface area (Å²) in [5.74, 6) is 5.39. The van der Waals surface area contributed by atoms with Crippen molar-refractivity contribution in [2.75, 3.05) is 0 Å². The van der Waals surface area contributed by atoms with Crippen molar-refractivity contribution >= 4 is 13.5 Å². The number of nitrogens with two attached hydrogens (primary N) is 1. The molecule has 1 atom stereocenters. The molecule has 3 heteroatoms. The second-order valence-corrected chi connectivity index (χ2v) is 5.18. The number of hydrogen-bond donors (Lipinski definition) is 1. The third-order valence-electron chi connectivity index (χ3n) is 2.31. The van der Waals surface area contributed by atoms with E-state index >= 15 is 0 Å². The Bertz CT molecular complexity index is 372. The molecule has 1 aromatic rings. The molecule has 0 spiro atoms. The molecule has 0 saturated carbocycles. The molecule has 2 nitrogen and oxygen atoms in total. The van der Waals surface area contributed by atoms with Crippen molar-refractivity contribution in [1.82, 2.24) is 0 Å². The number of rotatable bonds is 3. The lowest BCUT2D eigenvalue weighted by Gasteiger charge is -2.17. The number of allylic oxidation sites excluding steroid dienone is 4. The van der Waals surface area contributed by atoms with Gasteiger partial charge < -0.3 is 0 Å². The highest BCUT2D eigenvalue weighted by Crippen LogP contribution is 2.45. The molecule has 78 valence electrons. The van der Waals surface area contributed by atoms with Crippen LogP contribution >= 0.6 is 8.15 Å². The first-order chi connectivity index (χ1) is 7.42. The Hall–Kier alpha value is -0.950. The minimum absolute atomic E-state index is 0.820. The van der Waals surface area contributed by atoms with E-state index in [1.807, 2.05) is 18.2 Å². The van der Waals surface area contributed by atoms with Crippen molar-refractivity contribution in [3.63, 3.8) is 0 Å². The summed E-state index contributed by atoms with van der Waals surface area (Å²) in [6.07, 6.45) is 8.71. The van der Waals surface area contributed by atoms with E-state index < -0.39 is 8.15 Å². The summed E-state index contributed by atoms with van der Waals surface area (Å²) < 4.78 is 5.12. The lowest BCUT2D eigenvalue weighted by molar-refractivity contribution is 0.382. The van der Waals surface area contributed by atoms with Gasteiger partial charge in [0.25, 0.3) is 0 Å². The Labute approximate surface area is 91.2 Å². The summed E-state index contributed by atoms with van der Waals surface area (Å²) in [4.78, 5) is 0. The molecule has 1 aromatic carbocycles. The van der Waals surface area contributed by atoms with Crippen molar-refractivity contribution in [2.24, 2.45) is 5.90 Å². The van der Waals surface area contributed by atoms with Gasteiger partial charge in [0.05, 0.1) is 0 Å². The molecule has 1 aliphatic carbocycles. The largest absolute Gasteiger partial charge is 0.273 e. The van der Waals surface area contributed by atoms with Gasteiger partial charge >= 0.3 is 0 Å². The molecular weight excluding hydrogens is 205 g/mol. The van der Waals surface area contributed by atoms with Crippen LogP contribution in [0.4, 0.5) is 0 Å². The molecule has 2 rings (SSSR count). The summed E-state index contributed by atoms with van der Waals surface area (Å²) in [5, 5.41) is 2.37. The van der Waals surface area contributed by atoms with Crippen molar-refractivity contribution in [2.45, 2.75) is 12.8 Å². The Kier molecular flexibility index (Phi) is 3.68. The van der Waals surface area contributed by atoms with Gasteiger partial charge in [-0.25, -0.2) is 5.90 Å². The summed E-state index contributed by atoms with van der Waals surface area (Å²) in [7, 11) is -0.820. The van der Waals surface area contributed by atoms with Gasteiger partial charge in [0.15, 0.2) is 0 Å². The van der Waals surface area contributed by atoms with E-state index in [1.165, 1.54) is 5.31 Å². The molecule has 0 fully saturated rings. The summed E-state index contributed by atoms with van der Waals surface area (Å²) in [6.45, 7) is 0. The van der Waals surface area contributed by atoms with Crippen LogP contribution in [0.3, 0.4) is 0 Å². The quantitative estimate of drug-likeness (QED) is 0.626. The average Bonchev–Trinajstić information content (AvgIpc) is 2.33. The average molecular weight is 219 g/mol. The van der Waals surface area contributed by atoms with Crippen molar-refractivity contribution in [1.29, 1.82) is 0 Å². The van der Waals surface area contributed by atoms with Crippen LogP contribution in [0.2, 0.25) is 0 Å². The van der Waals surface area contributed by atoms with Gasteiger partial charge in [-0.15, -0.1) is 0 Å². The normalized spacial score (nSPS) is 17.3. The summed E-state index contributed by atoms with van der Waals surface area (Å²) >= 11 is 0. The van der Waals surface area contributed by atoms with Crippen LogP contribution in [-0.4, -0.2) is 0 Å². The summed E-state index contributed by atoms with van der Waals surface area (Å²) in [6, 6.07) is 10.1. The fraction of sp³-hybridized carbons (Fsp3) is 0.167. The van der Waals surface area contributed by atoms with E-state index in [2.05, 4.69) is 30.4 Å². The SMILES string of the molecule is NOP(C1=CCCC=C1)c1ccccc1. The minimum atomic E-state index is -0.820. The van der Waals surface area contributed by atoms with E-state index in [4.69, 9.17) is 10.5 Å². The molecule has 2 N–H and O–H groups in total. The molecule has 0 bridgehead atoms. The molecule has 0 heterocycles. The highest BCUT2D eigenvalue weighted by molar-refractivity contribution is 7.65. The Morgan fingerprint density at radius 1 is 1.13 bits per heavy atom. The zero-order valence-electron chi connectivity index (χ0n) is 8.47. The maximum atomic E-state index is 5.39. The zero-order valence-corrected chi connectivity index (χ0v) is 9.36. The van der Waals surface area contributed by atoms with Gasteiger partial charge in [-0.05, 0) is 12.8 Å². The Morgan fingerprint density at radius 2 is 1.93 bits per heavy atom. The maximum absolute atomic E-state index is 5.39. The predicted octanol–water partition coefficient (Wildman–Crippen LogP) is 2.83. The third kappa shape index (κ3) is 2.54. The molecule has 15 heavy (non-hydrogen) atoms. The van der Waals surface area contributed by atoms with Crippen molar-refractivity contribution in [3.8, 4) is 0 Å². The van der Waals surface area contributed by atoms with E-state index in [9.17, 15) is 0 Å². The van der Waals surface area contributed by atoms with Gasteiger partial charge in [-0.1, -0.05) is 48.6 Å². The van der Waals surface area contributed by atoms with Crippen LogP contribution in [0.5, 0.6) is 0 Å². The highest BCUT2D eigenvalue weighted by atomic mass is 31.1. The molecule has 0 radical (unpaired) electrons. The van der Waals surface area contributed by atoms with Crippen LogP contribution in [-0.2, 0) is 4.62 Å². The van der Waals surface area contributed by atoms with E-state index in [-0.39, 0.29) is 0 Å². The maximum Gasteiger partial charge on any atom is 0.116 e. The van der Waals surface area contributed by atoms with Gasteiger partial charge in [0, 0.05) is 10.6 Å². The molecule has 0 saturated heterocycles. The zero-order chi connectivity index (χ0) is 10.5. The Morgan fingerprint density at radius 3 is 2.53 bits per heavy atom. The van der Waals surface area contributed by atoms with E-state index in [0.29, 0.717) is 0 Å². The fourth-order valence-electron chi connectivity index (χ4n) is 1.58. The highest BCUT2D eigenvalue weighted by Gasteiger charge is 2.15. The molecule has 0 aromatic heterocycles. The van der Waals surface area contributed by atoms with Crippen LogP contribution in [0.25, 0.3) is 0 Å². The van der Waals surface area contributed by atoms with Gasteiger partial charge in [0.1, 0.15) is 8.15 Å². The monoisotopic (exact) mass is 219 g/mol. The van der Waals surface area contributed by atoms with Gasteiger partial charge in [0.2, 0.25) is 0 Å². The molecule has 0 amide bonds. The van der Waals surface area contributed by atoms with Gasteiger partial charge in [-0.3, -0.25) is 4.62 Å². The van der Waals surface area contributed by atoms with Gasteiger partial charge in [-0.2, -0.15) is 0 Å². The lowest BCUT2D eigenvalue weighted by atomic mass is 10.2. The number of benzene rings is 1. The predicted molar refractivity (Wildman–Crippen MR) is 64.7 cm³/mol. The first kappa shape index (κ1) is 10.6. The first-order valence-electron chi connectivity index (χ1n) is 5.00. The molecule has 0 aliphatic heterocycles. The smallest absolute Gasteiger partial charge is 0.116 e. The van der Waals surface area contributed by atoms with E-state index in [0.717, 1.165) is 18.1 Å². The second kappa shape index (κ2) is 5.22. The van der Waals surface area contributed by atoms with Crippen LogP contribution < -0.4 is 11.2 Å². The van der Waals surface area contributed by atoms with Crippen LogP contribution in [0.15, 0.2) is 53.9 Å². The Balaban J connectivity index is 2.24. The fourth-order valence-corrected chi connectivity index (χ4v) is 3.10. The standard InChI is InChI=1S/C12H14NOP/c13-14-15(11-7-3-1-4-8-11)12-9-5-2-6-10-12/h1,3-5,7-10H,2,6,13H2. The molecule has 1 aliphatic rings. The van der Waals surface area contributed by atoms with Crippen molar-refractivity contribution in [3.05, 3.63) is 53.9 Å². The lowest BCUT2D eigenvalue weighted by Crippen LogP contribution is -2.07. The van der Waals surface area contributed by atoms with Crippen LogP contribution in [0.1, 0.15) is 12.8 Å². The number of hydrogen-bond acceptors (Lipinski definition) is 2. The topological polar surface area (TPSA) is 35.2 Å². The minimum Gasteiger partial charge on any atom is -0.273 e. The first-order valence-corrected chi connectivity index (χ1v) is 6.26. The molecule has 1 unspecified atom stereocenters.